The van der Waals surface area contributed by atoms with Gasteiger partial charge in [-0.15, -0.1) is 0 Å². The summed E-state index contributed by atoms with van der Waals surface area (Å²) in [6.07, 6.45) is 5.46. The van der Waals surface area contributed by atoms with Crippen molar-refractivity contribution in [3.63, 3.8) is 0 Å². The molecule has 0 aromatic rings. The van der Waals surface area contributed by atoms with Gasteiger partial charge in [-0.3, -0.25) is 4.90 Å². The van der Waals surface area contributed by atoms with Crippen molar-refractivity contribution in [1.82, 2.24) is 10.2 Å². The van der Waals surface area contributed by atoms with Crippen molar-refractivity contribution in [2.45, 2.75) is 71.1 Å². The highest BCUT2D eigenvalue weighted by atomic mass is 16.5. The lowest BCUT2D eigenvalue weighted by molar-refractivity contribution is -0.00424. The molecule has 19 heavy (non-hydrogen) atoms. The van der Waals surface area contributed by atoms with E-state index in [4.69, 9.17) is 4.74 Å². The SMILES string of the molecule is CCC1(C)CNC(CC(C)C)CN1CC1CCCO1. The maximum atomic E-state index is 5.85. The Kier molecular flexibility index (Phi) is 5.27. The molecule has 0 aromatic carbocycles. The molecular weight excluding hydrogens is 236 g/mol. The first-order valence-corrected chi connectivity index (χ1v) is 8.13. The van der Waals surface area contributed by atoms with Crippen molar-refractivity contribution in [2.24, 2.45) is 5.92 Å². The Hall–Kier alpha value is -0.120. The average molecular weight is 268 g/mol. The third-order valence-electron chi connectivity index (χ3n) is 4.94. The first-order chi connectivity index (χ1) is 9.03. The van der Waals surface area contributed by atoms with Crippen molar-refractivity contribution < 1.29 is 4.74 Å². The van der Waals surface area contributed by atoms with Crippen molar-refractivity contribution in [3.05, 3.63) is 0 Å². The first kappa shape index (κ1) is 15.3. The number of ether oxygens (including phenoxy) is 1. The fraction of sp³-hybridized carbons (Fsp3) is 1.00. The summed E-state index contributed by atoms with van der Waals surface area (Å²) >= 11 is 0. The second-order valence-corrected chi connectivity index (χ2v) is 7.10. The number of piperazine rings is 1. The topological polar surface area (TPSA) is 24.5 Å². The molecule has 3 nitrogen and oxygen atoms in total. The van der Waals surface area contributed by atoms with Gasteiger partial charge in [0.25, 0.3) is 0 Å². The van der Waals surface area contributed by atoms with E-state index in [1.54, 1.807) is 0 Å². The molecule has 2 aliphatic heterocycles. The van der Waals surface area contributed by atoms with E-state index >= 15 is 0 Å². The van der Waals surface area contributed by atoms with Crippen LogP contribution in [0, 0.1) is 5.92 Å². The number of hydrogen-bond acceptors (Lipinski definition) is 3. The lowest BCUT2D eigenvalue weighted by Crippen LogP contribution is -2.64. The van der Waals surface area contributed by atoms with Crippen molar-refractivity contribution in [2.75, 3.05) is 26.2 Å². The van der Waals surface area contributed by atoms with Crippen LogP contribution in [0.5, 0.6) is 0 Å². The molecule has 1 N–H and O–H groups in total. The maximum Gasteiger partial charge on any atom is 0.0703 e. The molecule has 3 atom stereocenters. The van der Waals surface area contributed by atoms with Crippen LogP contribution in [0.25, 0.3) is 0 Å². The van der Waals surface area contributed by atoms with E-state index in [-0.39, 0.29) is 0 Å². The quantitative estimate of drug-likeness (QED) is 0.829. The Morgan fingerprint density at radius 1 is 1.42 bits per heavy atom. The summed E-state index contributed by atoms with van der Waals surface area (Å²) in [6, 6.07) is 0.654. The second kappa shape index (κ2) is 6.55. The molecule has 0 aliphatic carbocycles. The summed E-state index contributed by atoms with van der Waals surface area (Å²) in [4.78, 5) is 2.70. The fourth-order valence-electron chi connectivity index (χ4n) is 3.43. The van der Waals surface area contributed by atoms with Gasteiger partial charge in [-0.25, -0.2) is 0 Å². The Morgan fingerprint density at radius 2 is 2.21 bits per heavy atom. The molecule has 0 amide bonds. The third kappa shape index (κ3) is 3.93. The van der Waals surface area contributed by atoms with E-state index in [9.17, 15) is 0 Å². The molecule has 3 unspecified atom stereocenters. The predicted octanol–water partition coefficient (Wildman–Crippen LogP) is 2.65. The summed E-state index contributed by atoms with van der Waals surface area (Å²) in [5.41, 5.74) is 0.305. The van der Waals surface area contributed by atoms with Crippen molar-refractivity contribution in [1.29, 1.82) is 0 Å². The van der Waals surface area contributed by atoms with Crippen LogP contribution in [0.2, 0.25) is 0 Å². The van der Waals surface area contributed by atoms with E-state index < -0.39 is 0 Å². The largest absolute Gasteiger partial charge is 0.377 e. The number of rotatable bonds is 5. The molecule has 2 aliphatic rings. The Labute approximate surface area is 119 Å². The van der Waals surface area contributed by atoms with Crippen LogP contribution in [0.4, 0.5) is 0 Å². The fourth-order valence-corrected chi connectivity index (χ4v) is 3.43. The van der Waals surface area contributed by atoms with E-state index in [0.29, 0.717) is 17.7 Å². The predicted molar refractivity (Wildman–Crippen MR) is 80.5 cm³/mol. The molecule has 3 heteroatoms. The van der Waals surface area contributed by atoms with Crippen LogP contribution in [0.3, 0.4) is 0 Å². The minimum atomic E-state index is 0.305. The summed E-state index contributed by atoms with van der Waals surface area (Å²) in [5.74, 6) is 0.771. The summed E-state index contributed by atoms with van der Waals surface area (Å²) in [5, 5.41) is 3.76. The van der Waals surface area contributed by atoms with E-state index in [2.05, 4.69) is 37.9 Å². The first-order valence-electron chi connectivity index (χ1n) is 8.13. The molecule has 2 heterocycles. The van der Waals surface area contributed by atoms with Crippen LogP contribution >= 0.6 is 0 Å². The monoisotopic (exact) mass is 268 g/mol. The van der Waals surface area contributed by atoms with Gasteiger partial charge in [0.1, 0.15) is 0 Å². The Morgan fingerprint density at radius 3 is 2.79 bits per heavy atom. The molecule has 2 fully saturated rings. The third-order valence-corrected chi connectivity index (χ3v) is 4.94. The minimum Gasteiger partial charge on any atom is -0.377 e. The molecular formula is C16H32N2O. The van der Waals surface area contributed by atoms with E-state index in [1.165, 1.54) is 32.2 Å². The minimum absolute atomic E-state index is 0.305. The van der Waals surface area contributed by atoms with E-state index in [0.717, 1.165) is 25.6 Å². The molecule has 0 bridgehead atoms. The van der Waals surface area contributed by atoms with Crippen molar-refractivity contribution in [3.8, 4) is 0 Å². The van der Waals surface area contributed by atoms with Gasteiger partial charge >= 0.3 is 0 Å². The smallest absolute Gasteiger partial charge is 0.0703 e. The van der Waals surface area contributed by atoms with Crippen LogP contribution in [-0.4, -0.2) is 48.8 Å². The molecule has 0 saturated carbocycles. The van der Waals surface area contributed by atoms with Gasteiger partial charge in [0.05, 0.1) is 6.10 Å². The highest BCUT2D eigenvalue weighted by molar-refractivity contribution is 4.96. The van der Waals surface area contributed by atoms with Crippen LogP contribution in [-0.2, 0) is 4.74 Å². The van der Waals surface area contributed by atoms with Gasteiger partial charge in [0, 0.05) is 37.8 Å². The molecule has 0 aromatic heterocycles. The molecule has 2 rings (SSSR count). The van der Waals surface area contributed by atoms with Crippen molar-refractivity contribution >= 4 is 0 Å². The lowest BCUT2D eigenvalue weighted by atomic mass is 9.89. The highest BCUT2D eigenvalue weighted by Crippen LogP contribution is 2.26. The average Bonchev–Trinajstić information content (AvgIpc) is 2.86. The summed E-state index contributed by atoms with van der Waals surface area (Å²) in [6.45, 7) is 13.7. The molecule has 112 valence electrons. The van der Waals surface area contributed by atoms with Gasteiger partial charge in [0.2, 0.25) is 0 Å². The Bertz CT molecular complexity index is 276. The normalized spacial score (nSPS) is 37.1. The molecule has 2 saturated heterocycles. The Balaban J connectivity index is 1.95. The standard InChI is InChI=1S/C16H32N2O/c1-5-16(4)12-17-14(9-13(2)3)10-18(16)11-15-7-6-8-19-15/h13-15,17H,5-12H2,1-4H3. The number of nitrogens with one attached hydrogen (secondary N) is 1. The lowest BCUT2D eigenvalue weighted by Gasteiger charge is -2.49. The number of nitrogens with zero attached hydrogens (tertiary/aromatic N) is 1. The molecule has 0 radical (unpaired) electrons. The zero-order valence-electron chi connectivity index (χ0n) is 13.2. The number of hydrogen-bond donors (Lipinski definition) is 1. The zero-order chi connectivity index (χ0) is 13.9. The van der Waals surface area contributed by atoms with Gasteiger partial charge in [0.15, 0.2) is 0 Å². The second-order valence-electron chi connectivity index (χ2n) is 7.10. The maximum absolute atomic E-state index is 5.85. The summed E-state index contributed by atoms with van der Waals surface area (Å²) < 4.78 is 5.85. The van der Waals surface area contributed by atoms with Crippen LogP contribution < -0.4 is 5.32 Å². The van der Waals surface area contributed by atoms with Gasteiger partial charge < -0.3 is 10.1 Å². The van der Waals surface area contributed by atoms with Gasteiger partial charge in [-0.2, -0.15) is 0 Å². The highest BCUT2D eigenvalue weighted by Gasteiger charge is 2.37. The van der Waals surface area contributed by atoms with Gasteiger partial charge in [-0.1, -0.05) is 20.8 Å². The van der Waals surface area contributed by atoms with Crippen LogP contribution in [0.1, 0.15) is 53.4 Å². The summed E-state index contributed by atoms with van der Waals surface area (Å²) in [7, 11) is 0. The molecule has 0 spiro atoms. The van der Waals surface area contributed by atoms with E-state index in [1.807, 2.05) is 0 Å². The van der Waals surface area contributed by atoms with Crippen LogP contribution in [0.15, 0.2) is 0 Å². The van der Waals surface area contributed by atoms with Gasteiger partial charge in [-0.05, 0) is 38.5 Å². The zero-order valence-corrected chi connectivity index (χ0v) is 13.2.